The first-order chi connectivity index (χ1) is 9.25. The summed E-state index contributed by atoms with van der Waals surface area (Å²) in [6, 6.07) is 7.54. The maximum absolute atomic E-state index is 11.7. The summed E-state index contributed by atoms with van der Waals surface area (Å²) < 4.78 is 16.9. The van der Waals surface area contributed by atoms with E-state index in [1.165, 1.54) is 0 Å². The first-order valence-electron chi connectivity index (χ1n) is 6.38. The van der Waals surface area contributed by atoms with Gasteiger partial charge in [0.1, 0.15) is 19.0 Å². The van der Waals surface area contributed by atoms with Crippen LogP contribution in [-0.2, 0) is 14.3 Å². The van der Waals surface area contributed by atoms with Gasteiger partial charge in [0.15, 0.2) is 0 Å². The third kappa shape index (κ3) is 4.84. The van der Waals surface area contributed by atoms with Crippen molar-refractivity contribution in [2.24, 2.45) is 5.92 Å². The molecule has 1 fully saturated rings. The van der Waals surface area contributed by atoms with Crippen molar-refractivity contribution >= 4 is 21.9 Å². The molecule has 0 N–H and O–H groups in total. The molecule has 104 valence electrons. The minimum absolute atomic E-state index is 0.0126. The smallest absolute Gasteiger partial charge is 0.309 e. The molecule has 5 heteroatoms. The van der Waals surface area contributed by atoms with Crippen molar-refractivity contribution in [1.82, 2.24) is 0 Å². The molecule has 0 unspecified atom stereocenters. The highest BCUT2D eigenvalue weighted by molar-refractivity contribution is 9.10. The fourth-order valence-electron chi connectivity index (χ4n) is 1.88. The molecular weight excluding hydrogens is 312 g/mol. The van der Waals surface area contributed by atoms with Gasteiger partial charge in [-0.05, 0) is 37.1 Å². The summed E-state index contributed by atoms with van der Waals surface area (Å²) in [5, 5.41) is 0. The lowest BCUT2D eigenvalue weighted by Crippen LogP contribution is -2.26. The van der Waals surface area contributed by atoms with E-state index in [2.05, 4.69) is 15.9 Å². The van der Waals surface area contributed by atoms with Gasteiger partial charge in [-0.25, -0.2) is 0 Å². The fourth-order valence-corrected chi connectivity index (χ4v) is 2.15. The van der Waals surface area contributed by atoms with Crippen LogP contribution in [0, 0.1) is 5.92 Å². The molecule has 1 heterocycles. The first kappa shape index (κ1) is 14.3. The average molecular weight is 329 g/mol. The van der Waals surface area contributed by atoms with Crippen molar-refractivity contribution in [3.8, 4) is 5.75 Å². The zero-order valence-corrected chi connectivity index (χ0v) is 12.2. The summed E-state index contributed by atoms with van der Waals surface area (Å²) in [7, 11) is 0. The molecule has 0 atom stereocenters. The van der Waals surface area contributed by atoms with Crippen molar-refractivity contribution in [2.45, 2.75) is 12.8 Å². The SMILES string of the molecule is O=C(OCCOc1ccc(Br)cc1)C1CCOCC1. The minimum Gasteiger partial charge on any atom is -0.490 e. The lowest BCUT2D eigenvalue weighted by Gasteiger charge is -2.20. The lowest BCUT2D eigenvalue weighted by molar-refractivity contribution is -0.152. The summed E-state index contributed by atoms with van der Waals surface area (Å²) in [6.45, 7) is 1.95. The van der Waals surface area contributed by atoms with Crippen molar-refractivity contribution in [3.05, 3.63) is 28.7 Å². The predicted molar refractivity (Wildman–Crippen MR) is 74.1 cm³/mol. The zero-order chi connectivity index (χ0) is 13.5. The summed E-state index contributed by atoms with van der Waals surface area (Å²) in [6.07, 6.45) is 1.51. The van der Waals surface area contributed by atoms with E-state index in [-0.39, 0.29) is 18.5 Å². The van der Waals surface area contributed by atoms with Crippen LogP contribution in [0.4, 0.5) is 0 Å². The third-order valence-corrected chi connectivity index (χ3v) is 3.49. The minimum atomic E-state index is -0.136. The van der Waals surface area contributed by atoms with E-state index in [1.807, 2.05) is 24.3 Å². The van der Waals surface area contributed by atoms with Gasteiger partial charge in [0, 0.05) is 17.7 Å². The maximum atomic E-state index is 11.7. The van der Waals surface area contributed by atoms with Crippen LogP contribution in [0.25, 0.3) is 0 Å². The van der Waals surface area contributed by atoms with Gasteiger partial charge in [0.25, 0.3) is 0 Å². The van der Waals surface area contributed by atoms with E-state index in [4.69, 9.17) is 14.2 Å². The Morgan fingerprint density at radius 3 is 2.58 bits per heavy atom. The highest BCUT2D eigenvalue weighted by Gasteiger charge is 2.22. The number of ether oxygens (including phenoxy) is 3. The van der Waals surface area contributed by atoms with Gasteiger partial charge in [-0.3, -0.25) is 4.79 Å². The molecule has 0 aliphatic carbocycles. The highest BCUT2D eigenvalue weighted by atomic mass is 79.9. The van der Waals surface area contributed by atoms with Crippen molar-refractivity contribution in [3.63, 3.8) is 0 Å². The molecule has 4 nitrogen and oxygen atoms in total. The van der Waals surface area contributed by atoms with Crippen LogP contribution >= 0.6 is 15.9 Å². The molecule has 19 heavy (non-hydrogen) atoms. The molecule has 0 amide bonds. The Kier molecular flexibility index (Phi) is 5.66. The van der Waals surface area contributed by atoms with Gasteiger partial charge in [-0.1, -0.05) is 15.9 Å². The van der Waals surface area contributed by atoms with E-state index in [0.29, 0.717) is 19.8 Å². The van der Waals surface area contributed by atoms with E-state index < -0.39 is 0 Å². The summed E-state index contributed by atoms with van der Waals surface area (Å²) >= 11 is 3.36. The van der Waals surface area contributed by atoms with E-state index in [9.17, 15) is 4.79 Å². The second-order valence-electron chi connectivity index (χ2n) is 4.36. The van der Waals surface area contributed by atoms with Crippen molar-refractivity contribution in [2.75, 3.05) is 26.4 Å². The number of benzene rings is 1. The molecule has 1 saturated heterocycles. The molecule has 1 aliphatic heterocycles. The van der Waals surface area contributed by atoms with Crippen LogP contribution in [0.15, 0.2) is 28.7 Å². The van der Waals surface area contributed by atoms with Crippen molar-refractivity contribution < 1.29 is 19.0 Å². The number of esters is 1. The normalized spacial score (nSPS) is 16.1. The molecule has 0 aromatic heterocycles. The number of halogens is 1. The van der Waals surface area contributed by atoms with Gasteiger partial charge in [0.05, 0.1) is 5.92 Å². The molecule has 1 aromatic rings. The molecule has 1 aliphatic rings. The Labute approximate surface area is 121 Å². The van der Waals surface area contributed by atoms with Crippen molar-refractivity contribution in [1.29, 1.82) is 0 Å². The van der Waals surface area contributed by atoms with Crippen LogP contribution < -0.4 is 4.74 Å². The molecule has 0 radical (unpaired) electrons. The van der Waals surface area contributed by atoms with Gasteiger partial charge in [-0.2, -0.15) is 0 Å². The highest BCUT2D eigenvalue weighted by Crippen LogP contribution is 2.17. The first-order valence-corrected chi connectivity index (χ1v) is 7.18. The topological polar surface area (TPSA) is 44.8 Å². The van der Waals surface area contributed by atoms with E-state index in [0.717, 1.165) is 23.1 Å². The van der Waals surface area contributed by atoms with Crippen LogP contribution in [-0.4, -0.2) is 32.4 Å². The maximum Gasteiger partial charge on any atom is 0.309 e. The van der Waals surface area contributed by atoms with Crippen LogP contribution in [0.5, 0.6) is 5.75 Å². The Hall–Kier alpha value is -1.07. The van der Waals surface area contributed by atoms with Crippen LogP contribution in [0.1, 0.15) is 12.8 Å². The molecular formula is C14H17BrO4. The number of rotatable bonds is 5. The third-order valence-electron chi connectivity index (χ3n) is 2.96. The second kappa shape index (κ2) is 7.50. The largest absolute Gasteiger partial charge is 0.490 e. The van der Waals surface area contributed by atoms with Gasteiger partial charge in [-0.15, -0.1) is 0 Å². The molecule has 0 saturated carbocycles. The van der Waals surface area contributed by atoms with Crippen LogP contribution in [0.2, 0.25) is 0 Å². The zero-order valence-electron chi connectivity index (χ0n) is 10.6. The Bertz CT molecular complexity index is 398. The predicted octanol–water partition coefficient (Wildman–Crippen LogP) is 2.80. The number of hydrogen-bond donors (Lipinski definition) is 0. The number of carbonyl (C=O) groups excluding carboxylic acids is 1. The Balaban J connectivity index is 1.63. The summed E-state index contributed by atoms with van der Waals surface area (Å²) in [5.74, 6) is 0.620. The molecule has 2 rings (SSSR count). The Morgan fingerprint density at radius 2 is 1.89 bits per heavy atom. The second-order valence-corrected chi connectivity index (χ2v) is 5.27. The summed E-state index contributed by atoms with van der Waals surface area (Å²) in [5.41, 5.74) is 0. The standard InChI is InChI=1S/C14H17BrO4/c15-12-1-3-13(4-2-12)18-9-10-19-14(16)11-5-7-17-8-6-11/h1-4,11H,5-10H2. The molecule has 1 aromatic carbocycles. The quantitative estimate of drug-likeness (QED) is 0.616. The fraction of sp³-hybridized carbons (Fsp3) is 0.500. The lowest BCUT2D eigenvalue weighted by atomic mass is 10.0. The van der Waals surface area contributed by atoms with E-state index >= 15 is 0 Å². The molecule has 0 spiro atoms. The van der Waals surface area contributed by atoms with Gasteiger partial charge < -0.3 is 14.2 Å². The monoisotopic (exact) mass is 328 g/mol. The molecule has 0 bridgehead atoms. The number of carbonyl (C=O) groups is 1. The van der Waals surface area contributed by atoms with Gasteiger partial charge >= 0.3 is 5.97 Å². The van der Waals surface area contributed by atoms with Gasteiger partial charge in [0.2, 0.25) is 0 Å². The van der Waals surface area contributed by atoms with E-state index in [1.54, 1.807) is 0 Å². The average Bonchev–Trinajstić information content (AvgIpc) is 2.46. The summed E-state index contributed by atoms with van der Waals surface area (Å²) in [4.78, 5) is 11.7. The Morgan fingerprint density at radius 1 is 1.21 bits per heavy atom. The van der Waals surface area contributed by atoms with Crippen LogP contribution in [0.3, 0.4) is 0 Å². The number of hydrogen-bond acceptors (Lipinski definition) is 4.